The Bertz CT molecular complexity index is 233. The van der Waals surface area contributed by atoms with E-state index in [2.05, 4.69) is 17.2 Å². The van der Waals surface area contributed by atoms with E-state index in [1.807, 2.05) is 0 Å². The maximum Gasteiger partial charge on any atom is 0.270 e. The Morgan fingerprint density at radius 1 is 1.75 bits per heavy atom. The second-order valence-electron chi connectivity index (χ2n) is 2.48. The van der Waals surface area contributed by atoms with Crippen LogP contribution in [0.4, 0.5) is 0 Å². The number of carbonyl (C=O) groups excluding carboxylic acids is 1. The normalized spacial score (nSPS) is 9.75. The van der Waals surface area contributed by atoms with Crippen molar-refractivity contribution in [3.63, 3.8) is 0 Å². The Morgan fingerprint density at radius 3 is 3.17 bits per heavy atom. The number of thiazole rings is 1. The summed E-state index contributed by atoms with van der Waals surface area (Å²) in [7, 11) is 0. The maximum absolute atomic E-state index is 11.2. The molecule has 0 saturated heterocycles. The van der Waals surface area contributed by atoms with Crippen LogP contribution >= 0.6 is 11.3 Å². The minimum Gasteiger partial charge on any atom is -0.351 e. The Hall–Kier alpha value is -0.900. The number of nitrogens with zero attached hydrogens (tertiary/aromatic N) is 1. The van der Waals surface area contributed by atoms with Crippen LogP contribution in [-0.2, 0) is 0 Å². The molecule has 0 spiro atoms. The largest absolute Gasteiger partial charge is 0.351 e. The van der Waals surface area contributed by atoms with Crippen LogP contribution in [0.5, 0.6) is 0 Å². The summed E-state index contributed by atoms with van der Waals surface area (Å²) < 4.78 is 0. The van der Waals surface area contributed by atoms with Crippen molar-refractivity contribution in [3.05, 3.63) is 16.6 Å². The van der Waals surface area contributed by atoms with Crippen LogP contribution in [-0.4, -0.2) is 17.4 Å². The summed E-state index contributed by atoms with van der Waals surface area (Å²) in [5, 5.41) is 4.54. The van der Waals surface area contributed by atoms with Crippen LogP contribution in [0.3, 0.4) is 0 Å². The molecule has 3 nitrogen and oxygen atoms in total. The average Bonchev–Trinajstić information content (AvgIpc) is 2.56. The van der Waals surface area contributed by atoms with Crippen LogP contribution in [0.2, 0.25) is 0 Å². The first-order chi connectivity index (χ1) is 5.84. The third kappa shape index (κ3) is 2.62. The van der Waals surface area contributed by atoms with Crippen LogP contribution < -0.4 is 5.32 Å². The first-order valence-electron chi connectivity index (χ1n) is 4.01. The molecule has 0 bridgehead atoms. The highest BCUT2D eigenvalue weighted by Crippen LogP contribution is 1.99. The van der Waals surface area contributed by atoms with Gasteiger partial charge >= 0.3 is 0 Å². The van der Waals surface area contributed by atoms with E-state index in [4.69, 9.17) is 0 Å². The zero-order valence-electron chi connectivity index (χ0n) is 7.04. The molecule has 0 atom stereocenters. The fraction of sp³-hybridized carbons (Fsp3) is 0.500. The number of rotatable bonds is 4. The molecule has 1 rings (SSSR count). The molecule has 0 aliphatic rings. The third-order valence-electron chi connectivity index (χ3n) is 1.48. The number of hydrogen-bond acceptors (Lipinski definition) is 3. The number of carbonyl (C=O) groups is 1. The molecule has 1 N–H and O–H groups in total. The Labute approximate surface area is 75.8 Å². The predicted octanol–water partition coefficient (Wildman–Crippen LogP) is 1.67. The summed E-state index contributed by atoms with van der Waals surface area (Å²) in [6.45, 7) is 2.84. The first-order valence-corrected chi connectivity index (χ1v) is 4.95. The lowest BCUT2D eigenvalue weighted by Gasteiger charge is -1.99. The van der Waals surface area contributed by atoms with Crippen molar-refractivity contribution in [1.82, 2.24) is 10.3 Å². The zero-order chi connectivity index (χ0) is 8.81. The third-order valence-corrected chi connectivity index (χ3v) is 2.07. The number of unbranched alkanes of at least 4 members (excludes halogenated alkanes) is 1. The van der Waals surface area contributed by atoms with E-state index in [0.717, 1.165) is 19.4 Å². The second kappa shape index (κ2) is 4.87. The van der Waals surface area contributed by atoms with Crippen molar-refractivity contribution in [2.24, 2.45) is 0 Å². The molecule has 0 aliphatic heterocycles. The summed E-state index contributed by atoms with van der Waals surface area (Å²) in [5.41, 5.74) is 2.19. The van der Waals surface area contributed by atoms with Gasteiger partial charge in [0.15, 0.2) is 0 Å². The number of amides is 1. The van der Waals surface area contributed by atoms with E-state index in [9.17, 15) is 4.79 Å². The highest BCUT2D eigenvalue weighted by molar-refractivity contribution is 7.07. The SMILES string of the molecule is CCCCNC(=O)c1cscn1. The van der Waals surface area contributed by atoms with Gasteiger partial charge in [0.05, 0.1) is 5.51 Å². The van der Waals surface area contributed by atoms with Gasteiger partial charge in [0.2, 0.25) is 0 Å². The van der Waals surface area contributed by atoms with Crippen molar-refractivity contribution in [2.75, 3.05) is 6.54 Å². The van der Waals surface area contributed by atoms with Crippen LogP contribution in [0, 0.1) is 0 Å². The Kier molecular flexibility index (Phi) is 3.73. The molecular weight excluding hydrogens is 172 g/mol. The molecule has 0 saturated carbocycles. The summed E-state index contributed by atoms with van der Waals surface area (Å²) >= 11 is 1.44. The lowest BCUT2D eigenvalue weighted by Crippen LogP contribution is -2.24. The Balaban J connectivity index is 2.30. The molecule has 0 aromatic carbocycles. The summed E-state index contributed by atoms with van der Waals surface area (Å²) in [6, 6.07) is 0. The summed E-state index contributed by atoms with van der Waals surface area (Å²) in [5.74, 6) is -0.0651. The number of hydrogen-bond donors (Lipinski definition) is 1. The highest BCUT2D eigenvalue weighted by Gasteiger charge is 2.04. The van der Waals surface area contributed by atoms with Crippen LogP contribution in [0.25, 0.3) is 0 Å². The van der Waals surface area contributed by atoms with E-state index >= 15 is 0 Å². The van der Waals surface area contributed by atoms with E-state index in [1.165, 1.54) is 11.3 Å². The smallest absolute Gasteiger partial charge is 0.270 e. The fourth-order valence-electron chi connectivity index (χ4n) is 0.794. The van der Waals surface area contributed by atoms with Gasteiger partial charge in [-0.1, -0.05) is 13.3 Å². The van der Waals surface area contributed by atoms with Gasteiger partial charge in [0.1, 0.15) is 5.69 Å². The van der Waals surface area contributed by atoms with Crippen molar-refractivity contribution in [3.8, 4) is 0 Å². The van der Waals surface area contributed by atoms with Gasteiger partial charge < -0.3 is 5.32 Å². The van der Waals surface area contributed by atoms with Gasteiger partial charge in [0, 0.05) is 11.9 Å². The van der Waals surface area contributed by atoms with E-state index in [-0.39, 0.29) is 5.91 Å². The minimum atomic E-state index is -0.0651. The maximum atomic E-state index is 11.2. The topological polar surface area (TPSA) is 42.0 Å². The quantitative estimate of drug-likeness (QED) is 0.723. The Morgan fingerprint density at radius 2 is 2.58 bits per heavy atom. The molecule has 0 fully saturated rings. The standard InChI is InChI=1S/C8H12N2OS/c1-2-3-4-9-8(11)7-5-12-6-10-7/h5-6H,2-4H2,1H3,(H,9,11). The van der Waals surface area contributed by atoms with E-state index < -0.39 is 0 Å². The molecule has 1 amide bonds. The van der Waals surface area contributed by atoms with Gasteiger partial charge in [0.25, 0.3) is 5.91 Å². The number of nitrogens with one attached hydrogen (secondary N) is 1. The lowest BCUT2D eigenvalue weighted by molar-refractivity contribution is 0.0949. The fourth-order valence-corrected chi connectivity index (χ4v) is 1.33. The molecule has 0 radical (unpaired) electrons. The van der Waals surface area contributed by atoms with Crippen molar-refractivity contribution in [1.29, 1.82) is 0 Å². The van der Waals surface area contributed by atoms with Gasteiger partial charge in [-0.25, -0.2) is 4.98 Å². The van der Waals surface area contributed by atoms with Gasteiger partial charge in [-0.3, -0.25) is 4.79 Å². The van der Waals surface area contributed by atoms with Gasteiger partial charge in [-0.2, -0.15) is 0 Å². The molecule has 66 valence electrons. The molecule has 12 heavy (non-hydrogen) atoms. The average molecular weight is 184 g/mol. The molecule has 4 heteroatoms. The lowest BCUT2D eigenvalue weighted by atomic mass is 10.3. The van der Waals surface area contributed by atoms with Gasteiger partial charge in [-0.05, 0) is 6.42 Å². The summed E-state index contributed by atoms with van der Waals surface area (Å²) in [6.07, 6.45) is 2.12. The highest BCUT2D eigenvalue weighted by atomic mass is 32.1. The zero-order valence-corrected chi connectivity index (χ0v) is 7.86. The molecule has 0 unspecified atom stereocenters. The second-order valence-corrected chi connectivity index (χ2v) is 3.20. The van der Waals surface area contributed by atoms with Crippen molar-refractivity contribution in [2.45, 2.75) is 19.8 Å². The predicted molar refractivity (Wildman–Crippen MR) is 49.4 cm³/mol. The van der Waals surface area contributed by atoms with Crippen LogP contribution in [0.15, 0.2) is 10.9 Å². The van der Waals surface area contributed by atoms with E-state index in [0.29, 0.717) is 5.69 Å². The molecule has 1 aromatic heterocycles. The molecule has 0 aliphatic carbocycles. The number of aromatic nitrogens is 1. The molecule has 1 heterocycles. The van der Waals surface area contributed by atoms with Crippen LogP contribution in [0.1, 0.15) is 30.3 Å². The molecular formula is C8H12N2OS. The monoisotopic (exact) mass is 184 g/mol. The summed E-state index contributed by atoms with van der Waals surface area (Å²) in [4.78, 5) is 15.1. The van der Waals surface area contributed by atoms with Crippen molar-refractivity contribution >= 4 is 17.2 Å². The van der Waals surface area contributed by atoms with E-state index in [1.54, 1.807) is 10.9 Å². The first kappa shape index (κ1) is 9.19. The molecule has 1 aromatic rings. The van der Waals surface area contributed by atoms with Gasteiger partial charge in [-0.15, -0.1) is 11.3 Å². The minimum absolute atomic E-state index is 0.0651. The van der Waals surface area contributed by atoms with Crippen molar-refractivity contribution < 1.29 is 4.79 Å².